The molecule has 0 saturated heterocycles. The molecule has 0 N–H and O–H groups in total. The fourth-order valence-electron chi connectivity index (χ4n) is 3.85. The van der Waals surface area contributed by atoms with Crippen molar-refractivity contribution < 1.29 is 0 Å². The van der Waals surface area contributed by atoms with Crippen molar-refractivity contribution in [1.82, 2.24) is 19.7 Å². The summed E-state index contributed by atoms with van der Waals surface area (Å²) in [5.74, 6) is 0.178. The first-order chi connectivity index (χ1) is 15.1. The second-order valence-electron chi connectivity index (χ2n) is 7.70. The predicted molar refractivity (Wildman–Crippen MR) is 123 cm³/mol. The molecule has 0 bridgehead atoms. The van der Waals surface area contributed by atoms with Crippen LogP contribution in [0.3, 0.4) is 0 Å². The lowest BCUT2D eigenvalue weighted by Crippen LogP contribution is -2.00. The molecule has 0 aliphatic rings. The van der Waals surface area contributed by atoms with Crippen molar-refractivity contribution in [2.45, 2.75) is 19.8 Å². The summed E-state index contributed by atoms with van der Waals surface area (Å²) in [5.41, 5.74) is 5.86. The molecule has 3 aromatic heterocycles. The number of rotatable bonds is 3. The molecule has 5 aromatic rings. The molecule has 150 valence electrons. The Balaban J connectivity index is 1.79. The first-order valence-electron chi connectivity index (χ1n) is 9.99. The molecule has 5 nitrogen and oxygen atoms in total. The van der Waals surface area contributed by atoms with E-state index in [4.69, 9.17) is 22.0 Å². The van der Waals surface area contributed by atoms with Crippen LogP contribution in [-0.4, -0.2) is 19.7 Å². The average molecular weight is 424 g/mol. The number of hydrogen-bond acceptors (Lipinski definition) is 4. The van der Waals surface area contributed by atoms with Gasteiger partial charge in [0.2, 0.25) is 0 Å². The van der Waals surface area contributed by atoms with Crippen LogP contribution in [0.4, 0.5) is 0 Å². The van der Waals surface area contributed by atoms with Crippen LogP contribution in [0.25, 0.3) is 38.8 Å². The van der Waals surface area contributed by atoms with Gasteiger partial charge in [0, 0.05) is 23.3 Å². The number of hydrogen-bond donors (Lipinski definition) is 0. The van der Waals surface area contributed by atoms with Gasteiger partial charge in [-0.2, -0.15) is 10.4 Å². The Kier molecular flexibility index (Phi) is 4.65. The van der Waals surface area contributed by atoms with E-state index in [1.165, 1.54) is 0 Å². The Hall–Kier alpha value is -3.75. The molecule has 0 saturated carbocycles. The van der Waals surface area contributed by atoms with Gasteiger partial charge in [-0.1, -0.05) is 43.6 Å². The van der Waals surface area contributed by atoms with Crippen molar-refractivity contribution in [3.05, 3.63) is 83.3 Å². The minimum atomic E-state index is 0.178. The highest BCUT2D eigenvalue weighted by Gasteiger charge is 2.21. The highest BCUT2D eigenvalue weighted by Crippen LogP contribution is 2.36. The Bertz CT molecular complexity index is 1490. The summed E-state index contributed by atoms with van der Waals surface area (Å²) in [5, 5.41) is 16.6. The molecule has 0 fully saturated rings. The van der Waals surface area contributed by atoms with Crippen molar-refractivity contribution in [2.24, 2.45) is 0 Å². The molecule has 0 unspecified atom stereocenters. The summed E-state index contributed by atoms with van der Waals surface area (Å²) >= 11 is 6.50. The number of nitriles is 1. The van der Waals surface area contributed by atoms with Crippen molar-refractivity contribution in [3.63, 3.8) is 0 Å². The normalized spacial score (nSPS) is 11.3. The molecule has 0 aliphatic heterocycles. The summed E-state index contributed by atoms with van der Waals surface area (Å²) in [6.45, 7) is 4.23. The molecule has 0 spiro atoms. The van der Waals surface area contributed by atoms with E-state index >= 15 is 0 Å². The number of fused-ring (bicyclic) bond motifs is 2. The van der Waals surface area contributed by atoms with Crippen LogP contribution >= 0.6 is 11.6 Å². The summed E-state index contributed by atoms with van der Waals surface area (Å²) in [6.07, 6.45) is 3.68. The minimum Gasteiger partial charge on any atom is -0.256 e. The Labute approximate surface area is 184 Å². The standard InChI is InChI=1S/C25H18ClN5/c1-15(2)24-23-19(18-12-17-5-3-4-6-21(17)29-14-18)9-10-28-25(23)31(30-24)22-8-7-16(13-27)11-20(22)26/h3-12,14-15H,1-2H3. The smallest absolute Gasteiger partial charge is 0.163 e. The lowest BCUT2D eigenvalue weighted by Gasteiger charge is -2.08. The maximum Gasteiger partial charge on any atom is 0.163 e. The van der Waals surface area contributed by atoms with Crippen LogP contribution in [0, 0.1) is 11.3 Å². The van der Waals surface area contributed by atoms with Gasteiger partial charge in [-0.15, -0.1) is 0 Å². The summed E-state index contributed by atoms with van der Waals surface area (Å²) < 4.78 is 1.77. The van der Waals surface area contributed by atoms with Crippen LogP contribution < -0.4 is 0 Å². The number of aromatic nitrogens is 4. The van der Waals surface area contributed by atoms with E-state index in [-0.39, 0.29) is 5.92 Å². The number of halogens is 1. The zero-order valence-corrected chi connectivity index (χ0v) is 17.8. The first-order valence-corrected chi connectivity index (χ1v) is 10.4. The molecular formula is C25H18ClN5. The molecule has 2 aromatic carbocycles. The monoisotopic (exact) mass is 423 g/mol. The molecule has 0 radical (unpaired) electrons. The zero-order chi connectivity index (χ0) is 21.5. The third-order valence-electron chi connectivity index (χ3n) is 5.35. The van der Waals surface area contributed by atoms with Gasteiger partial charge in [0.25, 0.3) is 0 Å². The zero-order valence-electron chi connectivity index (χ0n) is 17.0. The first kappa shape index (κ1) is 19.2. The lowest BCUT2D eigenvalue weighted by molar-refractivity contribution is 0.776. The maximum absolute atomic E-state index is 9.16. The molecular weight excluding hydrogens is 406 g/mol. The summed E-state index contributed by atoms with van der Waals surface area (Å²) in [6, 6.07) is 19.5. The van der Waals surface area contributed by atoms with Crippen LogP contribution in [0.2, 0.25) is 5.02 Å². The van der Waals surface area contributed by atoms with Gasteiger partial charge >= 0.3 is 0 Å². The molecule has 0 atom stereocenters. The minimum absolute atomic E-state index is 0.178. The van der Waals surface area contributed by atoms with Gasteiger partial charge in [-0.25, -0.2) is 9.67 Å². The van der Waals surface area contributed by atoms with E-state index in [2.05, 4.69) is 42.0 Å². The second kappa shape index (κ2) is 7.50. The number of nitrogens with zero attached hydrogens (tertiary/aromatic N) is 5. The number of benzene rings is 2. The predicted octanol–water partition coefficient (Wildman–Crippen LogP) is 6.28. The number of para-hydroxylation sites is 1. The topological polar surface area (TPSA) is 67.4 Å². The lowest BCUT2D eigenvalue weighted by atomic mass is 9.98. The van der Waals surface area contributed by atoms with E-state index < -0.39 is 0 Å². The fraction of sp³-hybridized carbons (Fsp3) is 0.120. The van der Waals surface area contributed by atoms with Gasteiger partial charge in [-0.05, 0) is 47.9 Å². The second-order valence-corrected chi connectivity index (χ2v) is 8.11. The van der Waals surface area contributed by atoms with E-state index in [1.807, 2.05) is 36.5 Å². The SMILES string of the molecule is CC(C)c1nn(-c2ccc(C#N)cc2Cl)c2nccc(-c3cnc4ccccc4c3)c12. The van der Waals surface area contributed by atoms with E-state index in [1.54, 1.807) is 23.0 Å². The van der Waals surface area contributed by atoms with Crippen LogP contribution in [0.15, 0.2) is 67.0 Å². The molecule has 5 rings (SSSR count). The van der Waals surface area contributed by atoms with E-state index in [0.29, 0.717) is 16.3 Å². The van der Waals surface area contributed by atoms with E-state index in [0.717, 1.165) is 38.8 Å². The maximum atomic E-state index is 9.16. The molecule has 0 amide bonds. The van der Waals surface area contributed by atoms with Crippen LogP contribution in [-0.2, 0) is 0 Å². The Morgan fingerprint density at radius 3 is 2.65 bits per heavy atom. The molecule has 0 aliphatic carbocycles. The van der Waals surface area contributed by atoms with Gasteiger partial charge in [0.05, 0.1) is 38.9 Å². The van der Waals surface area contributed by atoms with Gasteiger partial charge in [0.1, 0.15) is 0 Å². The molecule has 3 heterocycles. The fourth-order valence-corrected chi connectivity index (χ4v) is 4.11. The van der Waals surface area contributed by atoms with Gasteiger partial charge in [0.15, 0.2) is 5.65 Å². The quantitative estimate of drug-likeness (QED) is 0.342. The van der Waals surface area contributed by atoms with Crippen molar-refractivity contribution in [1.29, 1.82) is 5.26 Å². The Morgan fingerprint density at radius 1 is 1.03 bits per heavy atom. The number of pyridine rings is 2. The highest BCUT2D eigenvalue weighted by atomic mass is 35.5. The van der Waals surface area contributed by atoms with Crippen molar-refractivity contribution >= 4 is 33.5 Å². The highest BCUT2D eigenvalue weighted by molar-refractivity contribution is 6.32. The third kappa shape index (κ3) is 3.22. The van der Waals surface area contributed by atoms with Crippen LogP contribution in [0.5, 0.6) is 0 Å². The Morgan fingerprint density at radius 2 is 1.87 bits per heavy atom. The third-order valence-corrected chi connectivity index (χ3v) is 5.65. The molecule has 6 heteroatoms. The summed E-state index contributed by atoms with van der Waals surface area (Å²) in [4.78, 5) is 9.29. The van der Waals surface area contributed by atoms with E-state index in [9.17, 15) is 0 Å². The van der Waals surface area contributed by atoms with Crippen LogP contribution in [0.1, 0.15) is 31.0 Å². The van der Waals surface area contributed by atoms with Gasteiger partial charge < -0.3 is 0 Å². The van der Waals surface area contributed by atoms with Gasteiger partial charge in [-0.3, -0.25) is 4.98 Å². The van der Waals surface area contributed by atoms with Crippen molar-refractivity contribution in [3.8, 4) is 22.9 Å². The van der Waals surface area contributed by atoms with Crippen molar-refractivity contribution in [2.75, 3.05) is 0 Å². The summed E-state index contributed by atoms with van der Waals surface area (Å²) in [7, 11) is 0. The average Bonchev–Trinajstić information content (AvgIpc) is 3.18. The molecule has 31 heavy (non-hydrogen) atoms. The largest absolute Gasteiger partial charge is 0.256 e.